The zero-order valence-electron chi connectivity index (χ0n) is 9.79. The monoisotopic (exact) mass is 270 g/mol. The first-order valence-electron chi connectivity index (χ1n) is 5.23. The van der Waals surface area contributed by atoms with Crippen molar-refractivity contribution in [3.63, 3.8) is 0 Å². The van der Waals surface area contributed by atoms with Crippen molar-refractivity contribution in [1.29, 1.82) is 0 Å². The first kappa shape index (κ1) is 14.5. The van der Waals surface area contributed by atoms with E-state index in [1.807, 2.05) is 0 Å². The molecule has 1 heterocycles. The number of carbonyl (C=O) groups excluding carboxylic acids is 1. The molecule has 98 valence electrons. The maximum Gasteiger partial charge on any atom is 0.326 e. The number of aliphatic hydroxyl groups excluding tert-OH is 1. The molecule has 0 aliphatic rings. The van der Waals surface area contributed by atoms with Crippen LogP contribution >= 0.6 is 11.8 Å². The molecule has 0 aromatic carbocycles. The summed E-state index contributed by atoms with van der Waals surface area (Å²) < 4.78 is 0. The van der Waals surface area contributed by atoms with Crippen molar-refractivity contribution >= 4 is 23.6 Å². The van der Waals surface area contributed by atoms with Gasteiger partial charge < -0.3 is 15.5 Å². The molecule has 0 saturated carbocycles. The molecule has 18 heavy (non-hydrogen) atoms. The summed E-state index contributed by atoms with van der Waals surface area (Å²) in [7, 11) is 0. The van der Waals surface area contributed by atoms with E-state index in [0.29, 0.717) is 10.6 Å². The quantitative estimate of drug-likeness (QED) is 0.646. The lowest BCUT2D eigenvalue weighted by molar-refractivity contribution is -0.139. The van der Waals surface area contributed by atoms with Gasteiger partial charge in [0.25, 0.3) is 5.91 Å². The molecule has 0 saturated heterocycles. The minimum atomic E-state index is -1.17. The van der Waals surface area contributed by atoms with Crippen molar-refractivity contribution in [2.24, 2.45) is 0 Å². The van der Waals surface area contributed by atoms with Crippen molar-refractivity contribution in [3.8, 4) is 0 Å². The third-order valence-corrected chi connectivity index (χ3v) is 2.94. The first-order valence-corrected chi connectivity index (χ1v) is 6.46. The van der Waals surface area contributed by atoms with Crippen LogP contribution in [0.1, 0.15) is 16.8 Å². The highest BCUT2D eigenvalue weighted by molar-refractivity contribution is 7.98. The van der Waals surface area contributed by atoms with Crippen molar-refractivity contribution in [2.45, 2.75) is 17.5 Å². The molecule has 0 fully saturated rings. The number of aromatic nitrogens is 1. The maximum absolute atomic E-state index is 11.9. The molecule has 1 aromatic heterocycles. The van der Waals surface area contributed by atoms with E-state index < -0.39 is 17.9 Å². The molecule has 1 aromatic rings. The molecule has 0 unspecified atom stereocenters. The van der Waals surface area contributed by atoms with Gasteiger partial charge in [-0.2, -0.15) is 0 Å². The minimum absolute atomic E-state index is 0.0318. The molecular formula is C11H14N2O4S. The van der Waals surface area contributed by atoms with Gasteiger partial charge in [0.15, 0.2) is 0 Å². The lowest BCUT2D eigenvalue weighted by Gasteiger charge is -2.14. The van der Waals surface area contributed by atoms with E-state index in [1.165, 1.54) is 11.8 Å². The van der Waals surface area contributed by atoms with Crippen molar-refractivity contribution in [1.82, 2.24) is 10.3 Å². The van der Waals surface area contributed by atoms with Crippen molar-refractivity contribution in [3.05, 3.63) is 23.9 Å². The summed E-state index contributed by atoms with van der Waals surface area (Å²) in [5, 5.41) is 20.5. The fourth-order valence-electron chi connectivity index (χ4n) is 1.35. The van der Waals surface area contributed by atoms with E-state index in [-0.39, 0.29) is 13.0 Å². The summed E-state index contributed by atoms with van der Waals surface area (Å²) >= 11 is 1.30. The van der Waals surface area contributed by atoms with Gasteiger partial charge in [-0.3, -0.25) is 4.79 Å². The molecular weight excluding hydrogens is 256 g/mol. The number of carbonyl (C=O) groups is 2. The van der Waals surface area contributed by atoms with Gasteiger partial charge in [0.05, 0.1) is 5.56 Å². The first-order chi connectivity index (χ1) is 8.60. The molecule has 1 atom stereocenters. The van der Waals surface area contributed by atoms with E-state index in [9.17, 15) is 9.59 Å². The fourth-order valence-corrected chi connectivity index (χ4v) is 1.90. The normalized spacial score (nSPS) is 11.9. The fraction of sp³-hybridized carbons (Fsp3) is 0.364. The number of thioether (sulfide) groups is 1. The average Bonchev–Trinajstić information content (AvgIpc) is 2.37. The van der Waals surface area contributed by atoms with Crippen LogP contribution in [0.3, 0.4) is 0 Å². The van der Waals surface area contributed by atoms with Crippen molar-refractivity contribution in [2.75, 3.05) is 12.9 Å². The van der Waals surface area contributed by atoms with Gasteiger partial charge in [-0.1, -0.05) is 0 Å². The second-order valence-corrected chi connectivity index (χ2v) is 4.23. The standard InChI is InChI=1S/C11H14N2O4S/c1-18-10-7(3-2-5-12-10)9(15)13-8(4-6-14)11(16)17/h2-3,5,8,14H,4,6H2,1H3,(H,13,15)(H,16,17)/t8-/m1/s1. The number of nitrogens with one attached hydrogen (secondary N) is 1. The Morgan fingerprint density at radius 3 is 2.83 bits per heavy atom. The summed E-state index contributed by atoms with van der Waals surface area (Å²) in [5.74, 6) is -1.68. The molecule has 0 aliphatic heterocycles. The largest absolute Gasteiger partial charge is 0.480 e. The highest BCUT2D eigenvalue weighted by Crippen LogP contribution is 2.16. The third kappa shape index (κ3) is 3.71. The maximum atomic E-state index is 11.9. The Morgan fingerprint density at radius 1 is 1.56 bits per heavy atom. The van der Waals surface area contributed by atoms with Crippen LogP contribution in [0, 0.1) is 0 Å². The number of hydrogen-bond donors (Lipinski definition) is 3. The van der Waals surface area contributed by atoms with Gasteiger partial charge in [-0.15, -0.1) is 11.8 Å². The van der Waals surface area contributed by atoms with Gasteiger partial charge in [0, 0.05) is 19.2 Å². The van der Waals surface area contributed by atoms with E-state index >= 15 is 0 Å². The molecule has 0 radical (unpaired) electrons. The number of carboxylic acid groups (broad SMARTS) is 1. The second kappa shape index (κ2) is 6.97. The molecule has 0 bridgehead atoms. The number of carboxylic acids is 1. The Morgan fingerprint density at radius 2 is 2.28 bits per heavy atom. The van der Waals surface area contributed by atoms with Crippen molar-refractivity contribution < 1.29 is 19.8 Å². The van der Waals surface area contributed by atoms with Gasteiger partial charge in [0.2, 0.25) is 0 Å². The Hall–Kier alpha value is -1.60. The van der Waals surface area contributed by atoms with Gasteiger partial charge in [0.1, 0.15) is 11.1 Å². The van der Waals surface area contributed by atoms with Crippen LogP contribution in [0.25, 0.3) is 0 Å². The number of aliphatic carboxylic acids is 1. The predicted octanol–water partition coefficient (Wildman–Crippen LogP) is 0.369. The zero-order valence-corrected chi connectivity index (χ0v) is 10.6. The molecule has 6 nitrogen and oxygen atoms in total. The van der Waals surface area contributed by atoms with E-state index in [2.05, 4.69) is 10.3 Å². The molecule has 3 N–H and O–H groups in total. The van der Waals surface area contributed by atoms with E-state index in [1.54, 1.807) is 24.6 Å². The third-order valence-electron chi connectivity index (χ3n) is 2.23. The van der Waals surface area contributed by atoms with Crippen LogP contribution < -0.4 is 5.32 Å². The van der Waals surface area contributed by atoms with Gasteiger partial charge >= 0.3 is 5.97 Å². The highest BCUT2D eigenvalue weighted by Gasteiger charge is 2.21. The number of nitrogens with zero attached hydrogens (tertiary/aromatic N) is 1. The van der Waals surface area contributed by atoms with Crippen LogP contribution in [-0.4, -0.2) is 46.0 Å². The van der Waals surface area contributed by atoms with Gasteiger partial charge in [-0.05, 0) is 18.4 Å². The highest BCUT2D eigenvalue weighted by atomic mass is 32.2. The number of rotatable bonds is 6. The van der Waals surface area contributed by atoms with Crippen LogP contribution in [0.15, 0.2) is 23.4 Å². The summed E-state index contributed by atoms with van der Waals surface area (Å²) in [6.45, 7) is -0.306. The Kier molecular flexibility index (Phi) is 5.60. The molecule has 1 amide bonds. The van der Waals surface area contributed by atoms with Crippen LogP contribution in [0.4, 0.5) is 0 Å². The topological polar surface area (TPSA) is 99.5 Å². The average molecular weight is 270 g/mol. The lowest BCUT2D eigenvalue weighted by Crippen LogP contribution is -2.41. The van der Waals surface area contributed by atoms with Crippen LogP contribution in [-0.2, 0) is 4.79 Å². The number of pyridine rings is 1. The Balaban J connectivity index is 2.83. The summed E-state index contributed by atoms with van der Waals surface area (Å²) in [5.41, 5.74) is 0.328. The van der Waals surface area contributed by atoms with E-state index in [4.69, 9.17) is 10.2 Å². The van der Waals surface area contributed by atoms with Crippen LogP contribution in [0.5, 0.6) is 0 Å². The summed E-state index contributed by atoms with van der Waals surface area (Å²) in [4.78, 5) is 26.8. The molecule has 1 rings (SSSR count). The van der Waals surface area contributed by atoms with Crippen LogP contribution in [0.2, 0.25) is 0 Å². The second-order valence-electron chi connectivity index (χ2n) is 3.44. The minimum Gasteiger partial charge on any atom is -0.480 e. The number of amides is 1. The van der Waals surface area contributed by atoms with E-state index in [0.717, 1.165) is 0 Å². The Bertz CT molecular complexity index is 439. The molecule has 7 heteroatoms. The Labute approximate surface area is 108 Å². The summed E-state index contributed by atoms with van der Waals surface area (Å²) in [6, 6.07) is 2.08. The summed E-state index contributed by atoms with van der Waals surface area (Å²) in [6.07, 6.45) is 3.31. The SMILES string of the molecule is CSc1ncccc1C(=O)N[C@H](CCO)C(=O)O. The molecule has 0 aliphatic carbocycles. The number of hydrogen-bond acceptors (Lipinski definition) is 5. The number of aliphatic hydroxyl groups is 1. The predicted molar refractivity (Wildman–Crippen MR) is 66.6 cm³/mol. The molecule has 0 spiro atoms. The van der Waals surface area contributed by atoms with Gasteiger partial charge in [-0.25, -0.2) is 9.78 Å². The smallest absolute Gasteiger partial charge is 0.326 e. The lowest BCUT2D eigenvalue weighted by atomic mass is 10.2. The zero-order chi connectivity index (χ0) is 13.5.